The second-order valence-corrected chi connectivity index (χ2v) is 8.00. The van der Waals surface area contributed by atoms with Gasteiger partial charge in [0.2, 0.25) is 0 Å². The van der Waals surface area contributed by atoms with E-state index in [1.807, 2.05) is 130 Å². The van der Waals surface area contributed by atoms with Crippen LogP contribution >= 0.6 is 0 Å². The maximum atomic E-state index is 3.63. The van der Waals surface area contributed by atoms with Gasteiger partial charge in [-0.3, -0.25) is 0 Å². The Labute approximate surface area is 240 Å². The van der Waals surface area contributed by atoms with Crippen LogP contribution in [-0.2, 0) is 0 Å². The van der Waals surface area contributed by atoms with E-state index >= 15 is 0 Å². The minimum atomic E-state index is 1.02. The topological polar surface area (TPSA) is 0 Å². The van der Waals surface area contributed by atoms with Gasteiger partial charge in [-0.2, -0.15) is 0 Å². The van der Waals surface area contributed by atoms with Crippen LogP contribution in [0.3, 0.4) is 0 Å². The maximum absolute atomic E-state index is 3.63. The molecule has 3 aromatic rings. The van der Waals surface area contributed by atoms with Gasteiger partial charge in [-0.15, -0.1) is 0 Å². The Morgan fingerprint density at radius 2 is 0.538 bits per heavy atom. The van der Waals surface area contributed by atoms with E-state index in [0.717, 1.165) is 16.7 Å². The van der Waals surface area contributed by atoms with E-state index in [2.05, 4.69) is 59.2 Å². The molecule has 0 heteroatoms. The fraction of sp³-hybridized carbons (Fsp3) is 0.0769. The SMILES string of the molecule is C=CC(=C)C.C=CC(=C)C.C=CC(=C)C.C=Cc1ccccc1.C=Cc1ccccc1.C=Cc1ccccc1. The number of allylic oxidation sites excluding steroid dienone is 6. The van der Waals surface area contributed by atoms with E-state index in [-0.39, 0.29) is 0 Å². The molecule has 0 aliphatic rings. The van der Waals surface area contributed by atoms with Crippen LogP contribution in [-0.4, -0.2) is 0 Å². The normalized spacial score (nSPS) is 7.77. The summed E-state index contributed by atoms with van der Waals surface area (Å²) in [6.45, 7) is 37.7. The minimum Gasteiger partial charge on any atom is -0.0988 e. The highest BCUT2D eigenvalue weighted by molar-refractivity contribution is 5.46. The summed E-state index contributed by atoms with van der Waals surface area (Å²) in [5.41, 5.74) is 6.58. The van der Waals surface area contributed by atoms with Gasteiger partial charge in [0, 0.05) is 0 Å². The van der Waals surface area contributed by atoms with Crippen molar-refractivity contribution in [2.75, 3.05) is 0 Å². The predicted octanol–water partition coefficient (Wildman–Crippen LogP) is 12.2. The number of hydrogen-bond acceptors (Lipinski definition) is 0. The molecule has 0 amide bonds. The van der Waals surface area contributed by atoms with Crippen LogP contribution in [0.15, 0.2) is 185 Å². The van der Waals surface area contributed by atoms with Gasteiger partial charge in [-0.1, -0.05) is 203 Å². The average Bonchev–Trinajstić information content (AvgIpc) is 2.99. The molecule has 0 saturated heterocycles. The molecular weight excluding hydrogens is 468 g/mol. The zero-order valence-corrected chi connectivity index (χ0v) is 24.5. The van der Waals surface area contributed by atoms with Gasteiger partial charge in [0.15, 0.2) is 0 Å². The zero-order valence-electron chi connectivity index (χ0n) is 24.5. The highest BCUT2D eigenvalue weighted by Crippen LogP contribution is 1.99. The van der Waals surface area contributed by atoms with Crippen molar-refractivity contribution in [2.24, 2.45) is 0 Å². The number of benzene rings is 3. The van der Waals surface area contributed by atoms with Crippen molar-refractivity contribution in [3.63, 3.8) is 0 Å². The zero-order chi connectivity index (χ0) is 30.3. The molecule has 0 aliphatic heterocycles. The monoisotopic (exact) mass is 516 g/mol. The molecule has 3 aromatic carbocycles. The van der Waals surface area contributed by atoms with Gasteiger partial charge in [-0.25, -0.2) is 0 Å². The molecule has 39 heavy (non-hydrogen) atoms. The lowest BCUT2D eigenvalue weighted by Gasteiger charge is -1.85. The lowest BCUT2D eigenvalue weighted by molar-refractivity contribution is 1.58. The Bertz CT molecular complexity index is 948. The Hall–Kier alpha value is -4.68. The average molecular weight is 517 g/mol. The fourth-order valence-electron chi connectivity index (χ4n) is 1.77. The molecule has 3 rings (SSSR count). The van der Waals surface area contributed by atoms with E-state index < -0.39 is 0 Å². The third-order valence-corrected chi connectivity index (χ3v) is 4.15. The Morgan fingerprint density at radius 1 is 0.385 bits per heavy atom. The van der Waals surface area contributed by atoms with Crippen LogP contribution in [0, 0.1) is 0 Å². The van der Waals surface area contributed by atoms with Gasteiger partial charge in [-0.05, 0) is 37.5 Å². The van der Waals surface area contributed by atoms with Crippen LogP contribution < -0.4 is 0 Å². The van der Waals surface area contributed by atoms with E-state index in [1.165, 1.54) is 16.7 Å². The molecule has 0 radical (unpaired) electrons. The quantitative estimate of drug-likeness (QED) is 0.286. The van der Waals surface area contributed by atoms with E-state index in [1.54, 1.807) is 18.2 Å². The maximum Gasteiger partial charge on any atom is -0.0263 e. The van der Waals surface area contributed by atoms with Gasteiger partial charge < -0.3 is 0 Å². The first kappa shape index (κ1) is 38.8. The van der Waals surface area contributed by atoms with Crippen LogP contribution in [0.5, 0.6) is 0 Å². The van der Waals surface area contributed by atoms with Crippen molar-refractivity contribution in [2.45, 2.75) is 20.8 Å². The highest BCUT2D eigenvalue weighted by Gasteiger charge is 1.77. The predicted molar refractivity (Wildman–Crippen MR) is 185 cm³/mol. The summed E-state index contributed by atoms with van der Waals surface area (Å²) in [6.07, 6.45) is 10.7. The Kier molecular flexibility index (Phi) is 29.4. The van der Waals surface area contributed by atoms with Crippen molar-refractivity contribution in [1.29, 1.82) is 0 Å². The number of rotatable bonds is 6. The first-order chi connectivity index (χ1) is 18.6. The molecule has 0 fully saturated rings. The van der Waals surface area contributed by atoms with Crippen molar-refractivity contribution < 1.29 is 0 Å². The molecule has 0 nitrogen and oxygen atoms in total. The summed E-state index contributed by atoms with van der Waals surface area (Å²) in [6, 6.07) is 30.1. The molecule has 0 saturated carbocycles. The molecule has 0 heterocycles. The van der Waals surface area contributed by atoms with E-state index in [0.29, 0.717) is 0 Å². The van der Waals surface area contributed by atoms with Crippen LogP contribution in [0.1, 0.15) is 37.5 Å². The summed E-state index contributed by atoms with van der Waals surface area (Å²) in [7, 11) is 0. The standard InChI is InChI=1S/3C8H8.3C5H8/c3*1-2-8-6-4-3-5-7-8;3*1-4-5(2)3/h3*2-7H,1H2;3*4H,1-2H2,3H3. The number of hydrogen-bond donors (Lipinski definition) is 0. The molecule has 0 N–H and O–H groups in total. The second-order valence-electron chi connectivity index (χ2n) is 8.00. The Balaban J connectivity index is -0.000000406. The first-order valence-electron chi connectivity index (χ1n) is 12.5. The van der Waals surface area contributed by atoms with Gasteiger partial charge >= 0.3 is 0 Å². The summed E-state index contributed by atoms with van der Waals surface area (Å²) in [5, 5.41) is 0. The lowest BCUT2D eigenvalue weighted by atomic mass is 10.2. The largest absolute Gasteiger partial charge is 0.0988 e. The highest BCUT2D eigenvalue weighted by atomic mass is 13.8. The second kappa shape index (κ2) is 29.5. The van der Waals surface area contributed by atoms with E-state index in [4.69, 9.17) is 0 Å². The van der Waals surface area contributed by atoms with Crippen LogP contribution in [0.25, 0.3) is 18.2 Å². The van der Waals surface area contributed by atoms with Crippen molar-refractivity contribution in [3.8, 4) is 0 Å². The minimum absolute atomic E-state index is 1.02. The van der Waals surface area contributed by atoms with Gasteiger partial charge in [0.25, 0.3) is 0 Å². The van der Waals surface area contributed by atoms with Gasteiger partial charge in [0.05, 0.1) is 0 Å². The van der Waals surface area contributed by atoms with Crippen LogP contribution in [0.4, 0.5) is 0 Å². The molecule has 204 valence electrons. The molecule has 0 aliphatic carbocycles. The summed E-state index contributed by atoms with van der Waals surface area (Å²) >= 11 is 0. The van der Waals surface area contributed by atoms with E-state index in [9.17, 15) is 0 Å². The van der Waals surface area contributed by atoms with Gasteiger partial charge in [0.1, 0.15) is 0 Å². The molecule has 0 unspecified atom stereocenters. The van der Waals surface area contributed by atoms with Crippen molar-refractivity contribution >= 4 is 18.2 Å². The molecule has 0 atom stereocenters. The third-order valence-electron chi connectivity index (χ3n) is 4.15. The smallest absolute Gasteiger partial charge is 0.0263 e. The van der Waals surface area contributed by atoms with Crippen molar-refractivity contribution in [3.05, 3.63) is 202 Å². The molecule has 0 aromatic heterocycles. The van der Waals surface area contributed by atoms with Crippen molar-refractivity contribution in [1.82, 2.24) is 0 Å². The summed E-state index contributed by atoms with van der Waals surface area (Å²) < 4.78 is 0. The van der Waals surface area contributed by atoms with Crippen LogP contribution in [0.2, 0.25) is 0 Å². The summed E-state index contributed by atoms with van der Waals surface area (Å²) in [5.74, 6) is 0. The fourth-order valence-corrected chi connectivity index (χ4v) is 1.77. The first-order valence-corrected chi connectivity index (χ1v) is 12.5. The molecule has 0 bridgehead atoms. The summed E-state index contributed by atoms with van der Waals surface area (Å²) in [4.78, 5) is 0. The Morgan fingerprint density at radius 3 is 0.615 bits per heavy atom. The molecular formula is C39H48. The third kappa shape index (κ3) is 33.3. The lowest BCUT2D eigenvalue weighted by Crippen LogP contribution is -1.63. The molecule has 0 spiro atoms.